The molecule has 3 atom stereocenters. The third-order valence-electron chi connectivity index (χ3n) is 8.38. The summed E-state index contributed by atoms with van der Waals surface area (Å²) < 4.78 is 5.52. The Morgan fingerprint density at radius 3 is 2.48 bits per heavy atom. The minimum absolute atomic E-state index is 0.177. The summed E-state index contributed by atoms with van der Waals surface area (Å²) in [6, 6.07) is 2.89. The second-order valence-electron chi connectivity index (χ2n) is 11.1. The van der Waals surface area contributed by atoms with E-state index in [4.69, 9.17) is 4.74 Å². The first-order chi connectivity index (χ1) is 15.0. The fourth-order valence-electron chi connectivity index (χ4n) is 6.44. The van der Waals surface area contributed by atoms with Crippen LogP contribution in [0.25, 0.3) is 0 Å². The van der Waals surface area contributed by atoms with E-state index in [0.29, 0.717) is 12.1 Å². The maximum atomic E-state index is 13.0. The highest BCUT2D eigenvalue weighted by atomic mass is 16.5. The molecule has 1 amide bonds. The van der Waals surface area contributed by atoms with Crippen LogP contribution in [0, 0.1) is 17.8 Å². The van der Waals surface area contributed by atoms with Crippen molar-refractivity contribution in [3.05, 3.63) is 11.6 Å². The van der Waals surface area contributed by atoms with Gasteiger partial charge in [0, 0.05) is 50.5 Å². The summed E-state index contributed by atoms with van der Waals surface area (Å²) in [5, 5.41) is 12.7. The number of rotatable bonds is 5. The molecule has 31 heavy (non-hydrogen) atoms. The van der Waals surface area contributed by atoms with E-state index >= 15 is 0 Å². The number of carbonyl (C=O) groups excluding carboxylic acids is 1. The van der Waals surface area contributed by atoms with Crippen molar-refractivity contribution in [3.63, 3.8) is 0 Å². The smallest absolute Gasteiger partial charge is 0.238 e. The van der Waals surface area contributed by atoms with Gasteiger partial charge in [0.15, 0.2) is 5.82 Å². The van der Waals surface area contributed by atoms with E-state index in [2.05, 4.69) is 26.5 Å². The Hall–Kier alpha value is -1.73. The van der Waals surface area contributed by atoms with Gasteiger partial charge in [0.1, 0.15) is 5.82 Å². The van der Waals surface area contributed by atoms with Gasteiger partial charge in [-0.15, -0.1) is 10.2 Å². The molecule has 2 saturated heterocycles. The van der Waals surface area contributed by atoms with Gasteiger partial charge in [0.2, 0.25) is 5.91 Å². The average molecular weight is 426 g/mol. The molecular weight excluding hydrogens is 390 g/mol. The van der Waals surface area contributed by atoms with Crippen molar-refractivity contribution in [2.45, 2.75) is 69.9 Å². The lowest BCUT2D eigenvalue weighted by Gasteiger charge is -2.27. The van der Waals surface area contributed by atoms with Crippen LogP contribution in [-0.4, -0.2) is 65.9 Å². The van der Waals surface area contributed by atoms with Crippen molar-refractivity contribution < 1.29 is 9.53 Å². The lowest BCUT2D eigenvalue weighted by Crippen LogP contribution is -2.37. The van der Waals surface area contributed by atoms with Gasteiger partial charge in [-0.25, -0.2) is 0 Å². The summed E-state index contributed by atoms with van der Waals surface area (Å²) >= 11 is 0. The van der Waals surface area contributed by atoms with Gasteiger partial charge in [0.05, 0.1) is 5.41 Å². The highest BCUT2D eigenvalue weighted by Gasteiger charge is 2.50. The lowest BCUT2D eigenvalue weighted by molar-refractivity contribution is -0.122. The molecule has 2 unspecified atom stereocenters. The number of aromatic nitrogens is 2. The molecule has 6 rings (SSSR count). The molecule has 1 N–H and O–H groups in total. The zero-order valence-electron chi connectivity index (χ0n) is 18.8. The molecule has 7 heteroatoms. The summed E-state index contributed by atoms with van der Waals surface area (Å²) in [4.78, 5) is 17.6. The maximum Gasteiger partial charge on any atom is 0.238 e. The predicted octanol–water partition coefficient (Wildman–Crippen LogP) is 2.81. The Bertz CT molecular complexity index is 850. The molecular formula is C24H35N5O2. The predicted molar refractivity (Wildman–Crippen MR) is 119 cm³/mol. The van der Waals surface area contributed by atoms with Crippen LogP contribution in [-0.2, 0) is 14.9 Å². The second-order valence-corrected chi connectivity index (χ2v) is 11.1. The highest BCUT2D eigenvalue weighted by molar-refractivity contribution is 6.07. The molecule has 4 heterocycles. The molecule has 168 valence electrons. The van der Waals surface area contributed by atoms with E-state index in [1.54, 1.807) is 0 Å². The molecule has 5 aliphatic rings. The van der Waals surface area contributed by atoms with Crippen LogP contribution in [0.4, 0.5) is 11.6 Å². The maximum absolute atomic E-state index is 13.0. The van der Waals surface area contributed by atoms with Crippen LogP contribution < -0.4 is 10.2 Å². The van der Waals surface area contributed by atoms with Crippen LogP contribution in [0.3, 0.4) is 0 Å². The molecule has 4 fully saturated rings. The molecule has 1 aromatic rings. The Morgan fingerprint density at radius 2 is 1.81 bits per heavy atom. The fourth-order valence-corrected chi connectivity index (χ4v) is 6.44. The van der Waals surface area contributed by atoms with Crippen molar-refractivity contribution in [3.8, 4) is 0 Å². The third kappa shape index (κ3) is 3.54. The van der Waals surface area contributed by atoms with E-state index in [1.807, 2.05) is 18.7 Å². The zero-order valence-corrected chi connectivity index (χ0v) is 18.8. The molecule has 0 radical (unpaired) electrons. The number of amides is 1. The first-order valence-corrected chi connectivity index (χ1v) is 12.3. The SMILES string of the molecule is CC1(C)C(=O)N(C2CC2)c2nnc(NC3CC4CN(CC5CCOCC5)C[C@H]4C3)cc21. The summed E-state index contributed by atoms with van der Waals surface area (Å²) in [7, 11) is 0. The number of carbonyl (C=O) groups is 1. The van der Waals surface area contributed by atoms with Gasteiger partial charge in [0.25, 0.3) is 0 Å². The van der Waals surface area contributed by atoms with E-state index in [-0.39, 0.29) is 5.91 Å². The Morgan fingerprint density at radius 1 is 1.10 bits per heavy atom. The summed E-state index contributed by atoms with van der Waals surface area (Å²) in [6.45, 7) is 9.68. The largest absolute Gasteiger partial charge is 0.381 e. The number of hydrogen-bond acceptors (Lipinski definition) is 6. The molecule has 0 aromatic carbocycles. The Labute approximate surface area is 184 Å². The molecule has 0 bridgehead atoms. The van der Waals surface area contributed by atoms with Gasteiger partial charge in [-0.3, -0.25) is 9.69 Å². The third-order valence-corrected chi connectivity index (χ3v) is 8.38. The first kappa shape index (κ1) is 19.9. The monoisotopic (exact) mass is 425 g/mol. The quantitative estimate of drug-likeness (QED) is 0.782. The normalized spacial score (nSPS) is 33.0. The van der Waals surface area contributed by atoms with E-state index < -0.39 is 5.41 Å². The van der Waals surface area contributed by atoms with Crippen LogP contribution in [0.1, 0.15) is 57.9 Å². The second kappa shape index (κ2) is 7.41. The van der Waals surface area contributed by atoms with Crippen LogP contribution in [0.2, 0.25) is 0 Å². The van der Waals surface area contributed by atoms with Crippen molar-refractivity contribution in [2.75, 3.05) is 43.1 Å². The van der Waals surface area contributed by atoms with Gasteiger partial charge >= 0.3 is 0 Å². The molecule has 0 spiro atoms. The number of anilines is 2. The molecule has 2 aliphatic carbocycles. The van der Waals surface area contributed by atoms with Gasteiger partial charge in [-0.2, -0.15) is 0 Å². The molecule has 3 aliphatic heterocycles. The van der Waals surface area contributed by atoms with E-state index in [0.717, 1.165) is 61.0 Å². The first-order valence-electron chi connectivity index (χ1n) is 12.3. The number of ether oxygens (including phenoxy) is 1. The van der Waals surface area contributed by atoms with Crippen LogP contribution in [0.5, 0.6) is 0 Å². The van der Waals surface area contributed by atoms with Crippen molar-refractivity contribution in [1.29, 1.82) is 0 Å². The molecule has 7 nitrogen and oxygen atoms in total. The highest BCUT2D eigenvalue weighted by Crippen LogP contribution is 2.46. The minimum atomic E-state index is -0.513. The standard InChI is InChI=1S/C24H35N5O2/c1-24(2)20-11-21(26-27-22(20)29(23(24)30)19-3-4-19)25-18-9-16-13-28(14-17(16)10-18)12-15-5-7-31-8-6-15/h11,15-19H,3-10,12-14H2,1-2H3,(H,25,26)/t16-,17?,18?/m1/s1. The van der Waals surface area contributed by atoms with E-state index in [9.17, 15) is 4.79 Å². The number of nitrogens with one attached hydrogen (secondary N) is 1. The number of hydrogen-bond donors (Lipinski definition) is 1. The molecule has 2 saturated carbocycles. The summed E-state index contributed by atoms with van der Waals surface area (Å²) in [5.41, 5.74) is 0.518. The average Bonchev–Trinajstić information content (AvgIpc) is 3.37. The van der Waals surface area contributed by atoms with E-state index in [1.165, 1.54) is 45.3 Å². The van der Waals surface area contributed by atoms with Crippen LogP contribution in [0.15, 0.2) is 6.07 Å². The number of likely N-dealkylation sites (tertiary alicyclic amines) is 1. The zero-order chi connectivity index (χ0) is 21.2. The summed E-state index contributed by atoms with van der Waals surface area (Å²) in [6.07, 6.45) is 7.04. The Kier molecular flexibility index (Phi) is 4.76. The van der Waals surface area contributed by atoms with Crippen molar-refractivity contribution in [2.24, 2.45) is 17.8 Å². The topological polar surface area (TPSA) is 70.6 Å². The fraction of sp³-hybridized carbons (Fsp3) is 0.792. The Balaban J connectivity index is 1.08. The van der Waals surface area contributed by atoms with Gasteiger partial charge < -0.3 is 15.0 Å². The number of nitrogens with zero attached hydrogens (tertiary/aromatic N) is 4. The molecule has 1 aromatic heterocycles. The lowest BCUT2D eigenvalue weighted by atomic mass is 9.87. The number of fused-ring (bicyclic) bond motifs is 2. The van der Waals surface area contributed by atoms with Crippen molar-refractivity contribution in [1.82, 2.24) is 15.1 Å². The van der Waals surface area contributed by atoms with Crippen molar-refractivity contribution >= 4 is 17.5 Å². The minimum Gasteiger partial charge on any atom is -0.381 e. The summed E-state index contributed by atoms with van der Waals surface area (Å²) in [5.74, 6) is 4.21. The van der Waals surface area contributed by atoms with Gasteiger partial charge in [-0.05, 0) is 76.2 Å². The van der Waals surface area contributed by atoms with Gasteiger partial charge in [-0.1, -0.05) is 0 Å². The van der Waals surface area contributed by atoms with Crippen LogP contribution >= 0.6 is 0 Å².